The van der Waals surface area contributed by atoms with Crippen LogP contribution in [-0.4, -0.2) is 60.6 Å². The smallest absolute Gasteiger partial charge is 0.319 e. The van der Waals surface area contributed by atoms with Crippen molar-refractivity contribution in [2.45, 2.75) is 18.6 Å². The first-order valence-electron chi connectivity index (χ1n) is 7.74. The van der Waals surface area contributed by atoms with Crippen LogP contribution in [0.5, 0.6) is 0 Å². The van der Waals surface area contributed by atoms with Gasteiger partial charge in [0.25, 0.3) is 0 Å². The third-order valence-corrected chi connectivity index (χ3v) is 4.94. The average Bonchev–Trinajstić information content (AvgIpc) is 2.71. The molecule has 8 heteroatoms. The Hall–Kier alpha value is -1.41. The number of hydrogen-bond acceptors (Lipinski definition) is 3. The highest BCUT2D eigenvalue weighted by Gasteiger charge is 2.30. The number of nitrogens with one attached hydrogen (secondary N) is 1. The molecule has 0 aliphatic carbocycles. The van der Waals surface area contributed by atoms with Gasteiger partial charge in [-0.15, -0.1) is 0 Å². The molecule has 1 saturated heterocycles. The van der Waals surface area contributed by atoms with Crippen molar-refractivity contribution in [3.05, 3.63) is 29.8 Å². The van der Waals surface area contributed by atoms with Crippen molar-refractivity contribution in [3.8, 4) is 0 Å². The predicted octanol–water partition coefficient (Wildman–Crippen LogP) is 3.61. The van der Waals surface area contributed by atoms with Crippen LogP contribution in [0.1, 0.15) is 12.0 Å². The Labute approximate surface area is 144 Å². The Bertz CT molecular complexity index is 548. The molecule has 0 spiro atoms. The molecule has 1 aromatic rings. The van der Waals surface area contributed by atoms with Gasteiger partial charge in [0.2, 0.25) is 0 Å². The lowest BCUT2D eigenvalue weighted by Crippen LogP contribution is -2.48. The van der Waals surface area contributed by atoms with Crippen LogP contribution in [0.3, 0.4) is 0 Å². The van der Waals surface area contributed by atoms with Crippen LogP contribution in [0.2, 0.25) is 0 Å². The van der Waals surface area contributed by atoms with Crippen LogP contribution >= 0.6 is 11.8 Å². The minimum atomic E-state index is -4.37. The Morgan fingerprint density at radius 1 is 1.33 bits per heavy atom. The average molecular weight is 361 g/mol. The maximum Gasteiger partial charge on any atom is 0.416 e. The predicted molar refractivity (Wildman–Crippen MR) is 91.5 cm³/mol. The minimum Gasteiger partial charge on any atom is -0.319 e. The van der Waals surface area contributed by atoms with Crippen molar-refractivity contribution in [3.63, 3.8) is 0 Å². The number of rotatable bonds is 3. The van der Waals surface area contributed by atoms with E-state index in [2.05, 4.69) is 5.32 Å². The number of carbonyl (C=O) groups excluding carboxylic acids is 1. The second kappa shape index (κ2) is 8.11. The Balaban J connectivity index is 2.05. The third-order valence-electron chi connectivity index (χ3n) is 3.74. The van der Waals surface area contributed by atoms with Gasteiger partial charge in [-0.2, -0.15) is 24.9 Å². The number of thioether (sulfide) groups is 1. The van der Waals surface area contributed by atoms with E-state index in [9.17, 15) is 18.0 Å². The number of carbonyl (C=O) groups is 1. The molecule has 1 N–H and O–H groups in total. The van der Waals surface area contributed by atoms with Crippen molar-refractivity contribution >= 4 is 23.5 Å². The molecule has 0 bridgehead atoms. The van der Waals surface area contributed by atoms with E-state index in [0.717, 1.165) is 36.6 Å². The zero-order valence-corrected chi connectivity index (χ0v) is 14.6. The molecule has 1 atom stereocenters. The van der Waals surface area contributed by atoms with Gasteiger partial charge >= 0.3 is 12.2 Å². The van der Waals surface area contributed by atoms with Crippen molar-refractivity contribution in [1.29, 1.82) is 0 Å². The summed E-state index contributed by atoms with van der Waals surface area (Å²) >= 11 is 1.82. The first-order chi connectivity index (χ1) is 11.3. The standard InChI is InChI=1S/C16H22F3N3OS/c1-21(2)10-14-11-24-9-3-8-22(14)15(23)20-13-6-4-12(5-7-13)16(17,18)19/h4-7,14H,3,8-11H2,1-2H3,(H,20,23). The van der Waals surface area contributed by atoms with E-state index in [1.54, 1.807) is 4.90 Å². The summed E-state index contributed by atoms with van der Waals surface area (Å²) in [6.45, 7) is 1.41. The fraction of sp³-hybridized carbons (Fsp3) is 0.562. The number of amides is 2. The highest BCUT2D eigenvalue weighted by molar-refractivity contribution is 7.99. The van der Waals surface area contributed by atoms with Crippen molar-refractivity contribution in [2.24, 2.45) is 0 Å². The number of benzene rings is 1. The summed E-state index contributed by atoms with van der Waals surface area (Å²) in [5.74, 6) is 1.87. The summed E-state index contributed by atoms with van der Waals surface area (Å²) in [6, 6.07) is 4.35. The molecule has 1 heterocycles. The number of hydrogen-bond donors (Lipinski definition) is 1. The van der Waals surface area contributed by atoms with Gasteiger partial charge in [-0.05, 0) is 50.5 Å². The summed E-state index contributed by atoms with van der Waals surface area (Å²) in [5, 5.41) is 2.71. The number of alkyl halides is 3. The lowest BCUT2D eigenvalue weighted by Gasteiger charge is -2.31. The Morgan fingerprint density at radius 2 is 2.00 bits per heavy atom. The minimum absolute atomic E-state index is 0.0851. The molecule has 0 radical (unpaired) electrons. The van der Waals surface area contributed by atoms with E-state index in [1.807, 2.05) is 30.8 Å². The van der Waals surface area contributed by atoms with Crippen molar-refractivity contribution < 1.29 is 18.0 Å². The van der Waals surface area contributed by atoms with Gasteiger partial charge in [0.05, 0.1) is 11.6 Å². The number of anilines is 1. The van der Waals surface area contributed by atoms with E-state index < -0.39 is 11.7 Å². The lowest BCUT2D eigenvalue weighted by molar-refractivity contribution is -0.137. The quantitative estimate of drug-likeness (QED) is 0.893. The molecule has 134 valence electrons. The van der Waals surface area contributed by atoms with E-state index in [1.165, 1.54) is 12.1 Å². The van der Waals surface area contributed by atoms with Crippen LogP contribution < -0.4 is 5.32 Å². The summed E-state index contributed by atoms with van der Waals surface area (Å²) in [6.07, 6.45) is -3.46. The van der Waals surface area contributed by atoms with E-state index >= 15 is 0 Å². The van der Waals surface area contributed by atoms with Gasteiger partial charge in [0, 0.05) is 24.5 Å². The molecule has 24 heavy (non-hydrogen) atoms. The Kier molecular flexibility index (Phi) is 6.40. The number of urea groups is 1. The number of halogens is 3. The van der Waals surface area contributed by atoms with Gasteiger partial charge in [0.15, 0.2) is 0 Å². The van der Waals surface area contributed by atoms with Gasteiger partial charge in [-0.25, -0.2) is 4.79 Å². The van der Waals surface area contributed by atoms with Crippen molar-refractivity contribution in [2.75, 3.05) is 44.0 Å². The van der Waals surface area contributed by atoms with Gasteiger partial charge in [-0.1, -0.05) is 0 Å². The monoisotopic (exact) mass is 361 g/mol. The summed E-state index contributed by atoms with van der Waals surface area (Å²) in [4.78, 5) is 16.4. The fourth-order valence-electron chi connectivity index (χ4n) is 2.61. The third kappa shape index (κ3) is 5.31. The van der Waals surface area contributed by atoms with Crippen LogP contribution in [0.15, 0.2) is 24.3 Å². The van der Waals surface area contributed by atoms with Crippen LogP contribution in [0.4, 0.5) is 23.7 Å². The van der Waals surface area contributed by atoms with E-state index in [0.29, 0.717) is 12.2 Å². The second-order valence-electron chi connectivity index (χ2n) is 6.04. The van der Waals surface area contributed by atoms with Crippen LogP contribution in [0.25, 0.3) is 0 Å². The fourth-order valence-corrected chi connectivity index (χ4v) is 3.66. The van der Waals surface area contributed by atoms with E-state index in [-0.39, 0.29) is 12.1 Å². The van der Waals surface area contributed by atoms with Crippen LogP contribution in [-0.2, 0) is 6.18 Å². The van der Waals surface area contributed by atoms with Crippen molar-refractivity contribution in [1.82, 2.24) is 9.80 Å². The molecule has 1 unspecified atom stereocenters. The molecule has 1 aliphatic rings. The highest BCUT2D eigenvalue weighted by atomic mass is 32.2. The summed E-state index contributed by atoms with van der Waals surface area (Å²) in [5.41, 5.74) is -0.356. The zero-order chi connectivity index (χ0) is 17.7. The number of likely N-dealkylation sites (N-methyl/N-ethyl adjacent to an activating group) is 1. The molecule has 0 saturated carbocycles. The molecular weight excluding hydrogens is 339 g/mol. The highest BCUT2D eigenvalue weighted by Crippen LogP contribution is 2.30. The molecular formula is C16H22F3N3OS. The second-order valence-corrected chi connectivity index (χ2v) is 7.19. The Morgan fingerprint density at radius 3 is 2.58 bits per heavy atom. The van der Waals surface area contributed by atoms with Gasteiger partial charge < -0.3 is 15.1 Å². The molecule has 1 aliphatic heterocycles. The molecule has 0 aromatic heterocycles. The normalized spacial score (nSPS) is 19.2. The topological polar surface area (TPSA) is 35.6 Å². The number of nitrogens with zero attached hydrogens (tertiary/aromatic N) is 2. The molecule has 2 amide bonds. The first-order valence-corrected chi connectivity index (χ1v) is 8.90. The van der Waals surface area contributed by atoms with Gasteiger partial charge in [0.1, 0.15) is 0 Å². The maximum atomic E-state index is 12.6. The molecule has 1 aromatic carbocycles. The van der Waals surface area contributed by atoms with E-state index in [4.69, 9.17) is 0 Å². The molecule has 1 fully saturated rings. The van der Waals surface area contributed by atoms with Crippen LogP contribution in [0, 0.1) is 0 Å². The molecule has 4 nitrogen and oxygen atoms in total. The summed E-state index contributed by atoms with van der Waals surface area (Å²) in [7, 11) is 3.92. The SMILES string of the molecule is CN(C)CC1CSCCCN1C(=O)Nc1ccc(C(F)(F)F)cc1. The maximum absolute atomic E-state index is 12.6. The molecule has 2 rings (SSSR count). The lowest BCUT2D eigenvalue weighted by atomic mass is 10.2. The largest absolute Gasteiger partial charge is 0.416 e. The zero-order valence-electron chi connectivity index (χ0n) is 13.8. The summed E-state index contributed by atoms with van der Waals surface area (Å²) < 4.78 is 37.8. The first kappa shape index (κ1) is 18.9. The van der Waals surface area contributed by atoms with Gasteiger partial charge in [-0.3, -0.25) is 0 Å².